The number of amides is 3. The lowest BCUT2D eigenvalue weighted by Gasteiger charge is -2.24. The smallest absolute Gasteiger partial charge is 0.326 e. The second-order valence-electron chi connectivity index (χ2n) is 9.09. The molecule has 2 heterocycles. The maximum absolute atomic E-state index is 13.1. The summed E-state index contributed by atoms with van der Waals surface area (Å²) in [4.78, 5) is 71.1. The molecule has 14 nitrogen and oxygen atoms in total. The average molecular weight is 574 g/mol. The number of nitrogens with one attached hydrogen (secondary N) is 5. The van der Waals surface area contributed by atoms with Crippen LogP contribution in [-0.2, 0) is 36.8 Å². The predicted molar refractivity (Wildman–Crippen MR) is 146 cm³/mol. The standard InChI is InChI=1S/C25H31N7O7S/c26-16(7-13-9-28-17-4-2-1-3-15(13)17)22(35)32-20(11-40)24(37)31-19(8-14-10-27-12-29-14)23(36)30-18(25(38)39)5-6-21(33)34/h1-4,9-10,12,16,18-20,28,40H,5-8,11,26H2,(H,27,29)(H,30,36)(H,31,37)(H,32,35)(H,33,34)(H,38,39). The van der Waals surface area contributed by atoms with Crippen LogP contribution in [0.2, 0.25) is 0 Å². The second kappa shape index (κ2) is 14.1. The van der Waals surface area contributed by atoms with Gasteiger partial charge in [-0.25, -0.2) is 9.78 Å². The molecular formula is C25H31N7O7S. The minimum atomic E-state index is -1.49. The third-order valence-corrected chi connectivity index (χ3v) is 6.51. The predicted octanol–water partition coefficient (Wildman–Crippen LogP) is -0.663. The number of benzene rings is 1. The monoisotopic (exact) mass is 573 g/mol. The number of thiol groups is 1. The van der Waals surface area contributed by atoms with Crippen molar-refractivity contribution in [2.45, 2.75) is 49.9 Å². The van der Waals surface area contributed by atoms with Crippen LogP contribution in [0, 0.1) is 0 Å². The summed E-state index contributed by atoms with van der Waals surface area (Å²) >= 11 is 4.16. The van der Waals surface area contributed by atoms with E-state index in [0.29, 0.717) is 5.69 Å². The number of carbonyl (C=O) groups is 5. The summed E-state index contributed by atoms with van der Waals surface area (Å²) in [5, 5.41) is 26.5. The Kier molecular flexibility index (Phi) is 10.7. The largest absolute Gasteiger partial charge is 0.481 e. The first-order valence-corrected chi connectivity index (χ1v) is 13.0. The summed E-state index contributed by atoms with van der Waals surface area (Å²) in [6.45, 7) is 0. The third-order valence-electron chi connectivity index (χ3n) is 6.14. The SMILES string of the molecule is NC(Cc1c[nH]c2ccccc12)C(=O)NC(CS)C(=O)NC(Cc1cnc[nH]1)C(=O)NC(CCC(=O)O)C(=O)O. The van der Waals surface area contributed by atoms with E-state index in [1.165, 1.54) is 12.5 Å². The Morgan fingerprint density at radius 1 is 0.925 bits per heavy atom. The highest BCUT2D eigenvalue weighted by molar-refractivity contribution is 7.80. The van der Waals surface area contributed by atoms with Crippen LogP contribution >= 0.6 is 12.6 Å². The van der Waals surface area contributed by atoms with Crippen molar-refractivity contribution in [3.05, 3.63) is 54.2 Å². The van der Waals surface area contributed by atoms with Crippen LogP contribution in [0.5, 0.6) is 0 Å². The molecule has 0 aliphatic rings. The molecule has 0 radical (unpaired) electrons. The molecule has 0 aliphatic carbocycles. The summed E-state index contributed by atoms with van der Waals surface area (Å²) < 4.78 is 0. The van der Waals surface area contributed by atoms with Crippen LogP contribution in [0.4, 0.5) is 0 Å². The number of imidazole rings is 1. The average Bonchev–Trinajstić information content (AvgIpc) is 3.58. The normalized spacial score (nSPS) is 14.1. The Bertz CT molecular complexity index is 1340. The molecule has 40 heavy (non-hydrogen) atoms. The quantitative estimate of drug-likeness (QED) is 0.105. The van der Waals surface area contributed by atoms with E-state index in [9.17, 15) is 29.1 Å². The molecule has 3 aromatic rings. The van der Waals surface area contributed by atoms with Gasteiger partial charge in [-0.3, -0.25) is 19.2 Å². The van der Waals surface area contributed by atoms with Gasteiger partial charge in [0.25, 0.3) is 0 Å². The number of hydrogen-bond acceptors (Lipinski definition) is 8. The molecule has 0 fully saturated rings. The fourth-order valence-electron chi connectivity index (χ4n) is 4.00. The highest BCUT2D eigenvalue weighted by Gasteiger charge is 2.30. The number of carboxylic acid groups (broad SMARTS) is 2. The van der Waals surface area contributed by atoms with Crippen LogP contribution in [-0.4, -0.2) is 84.7 Å². The zero-order valence-electron chi connectivity index (χ0n) is 21.3. The van der Waals surface area contributed by atoms with Crippen LogP contribution in [0.1, 0.15) is 24.1 Å². The number of fused-ring (bicyclic) bond motifs is 1. The van der Waals surface area contributed by atoms with Crippen LogP contribution in [0.25, 0.3) is 10.9 Å². The first-order valence-electron chi connectivity index (χ1n) is 12.3. The summed E-state index contributed by atoms with van der Waals surface area (Å²) in [5.74, 6) is -4.98. The van der Waals surface area contributed by atoms with E-state index in [0.717, 1.165) is 16.5 Å². The third kappa shape index (κ3) is 8.31. The first-order chi connectivity index (χ1) is 19.1. The maximum atomic E-state index is 13.1. The number of H-pyrrole nitrogens is 2. The van der Waals surface area contributed by atoms with Gasteiger partial charge >= 0.3 is 11.9 Å². The van der Waals surface area contributed by atoms with Crippen molar-refractivity contribution in [2.75, 3.05) is 5.75 Å². The van der Waals surface area contributed by atoms with Crippen LogP contribution in [0.15, 0.2) is 43.0 Å². The van der Waals surface area contributed by atoms with Gasteiger partial charge in [-0.05, 0) is 24.5 Å². The minimum absolute atomic E-state index is 0.0871. The minimum Gasteiger partial charge on any atom is -0.481 e. The Balaban J connectivity index is 1.66. The number of aromatic nitrogens is 3. The molecule has 15 heteroatoms. The lowest BCUT2D eigenvalue weighted by Crippen LogP contribution is -2.58. The zero-order valence-corrected chi connectivity index (χ0v) is 22.2. The molecule has 0 bridgehead atoms. The van der Waals surface area contributed by atoms with E-state index >= 15 is 0 Å². The molecular weight excluding hydrogens is 542 g/mol. The molecule has 4 atom stereocenters. The number of hydrogen-bond donors (Lipinski definition) is 9. The number of aromatic amines is 2. The highest BCUT2D eigenvalue weighted by Crippen LogP contribution is 2.18. The summed E-state index contributed by atoms with van der Waals surface area (Å²) in [6, 6.07) is 2.62. The summed E-state index contributed by atoms with van der Waals surface area (Å²) in [7, 11) is 0. The molecule has 2 aromatic heterocycles. The maximum Gasteiger partial charge on any atom is 0.326 e. The Labute approximate surface area is 233 Å². The van der Waals surface area contributed by atoms with Crippen LogP contribution < -0.4 is 21.7 Å². The van der Waals surface area contributed by atoms with Gasteiger partial charge in [-0.2, -0.15) is 12.6 Å². The highest BCUT2D eigenvalue weighted by atomic mass is 32.1. The fourth-order valence-corrected chi connectivity index (χ4v) is 4.26. The van der Waals surface area contributed by atoms with Gasteiger partial charge in [0, 0.05) is 47.6 Å². The van der Waals surface area contributed by atoms with Gasteiger partial charge < -0.3 is 41.9 Å². The number of carboxylic acids is 2. The van der Waals surface area contributed by atoms with Crippen molar-refractivity contribution in [1.82, 2.24) is 30.9 Å². The fraction of sp³-hybridized carbons (Fsp3) is 0.360. The van der Waals surface area contributed by atoms with E-state index in [1.54, 1.807) is 6.20 Å². The number of para-hydroxylation sites is 1. The van der Waals surface area contributed by atoms with Crippen LogP contribution in [0.3, 0.4) is 0 Å². The number of nitrogens with two attached hydrogens (primary N) is 1. The molecule has 9 N–H and O–H groups in total. The molecule has 4 unspecified atom stereocenters. The number of nitrogens with zero attached hydrogens (tertiary/aromatic N) is 1. The van der Waals surface area contributed by atoms with Crippen molar-refractivity contribution < 1.29 is 34.2 Å². The van der Waals surface area contributed by atoms with E-state index in [-0.39, 0.29) is 25.0 Å². The Hall–Kier alpha value is -4.37. The van der Waals surface area contributed by atoms with Gasteiger partial charge in [0.05, 0.1) is 12.4 Å². The van der Waals surface area contributed by atoms with Crippen molar-refractivity contribution in [3.63, 3.8) is 0 Å². The lowest BCUT2D eigenvalue weighted by atomic mass is 10.0. The molecule has 0 saturated carbocycles. The lowest BCUT2D eigenvalue weighted by molar-refractivity contribution is -0.143. The first kappa shape index (κ1) is 30.2. The molecule has 0 saturated heterocycles. The number of carbonyl (C=O) groups excluding carboxylic acids is 3. The van der Waals surface area contributed by atoms with Gasteiger partial charge in [-0.15, -0.1) is 0 Å². The molecule has 0 aliphatic heterocycles. The zero-order chi connectivity index (χ0) is 29.2. The molecule has 0 spiro atoms. The van der Waals surface area contributed by atoms with Crippen molar-refractivity contribution >= 4 is 53.2 Å². The topological polar surface area (TPSA) is 232 Å². The second-order valence-corrected chi connectivity index (χ2v) is 9.45. The molecule has 3 amide bonds. The summed E-state index contributed by atoms with van der Waals surface area (Å²) in [6.07, 6.45) is 3.83. The summed E-state index contributed by atoms with van der Waals surface area (Å²) in [5.41, 5.74) is 8.31. The van der Waals surface area contributed by atoms with E-state index < -0.39 is 60.2 Å². The van der Waals surface area contributed by atoms with Crippen molar-refractivity contribution in [3.8, 4) is 0 Å². The Morgan fingerprint density at radius 3 is 2.25 bits per heavy atom. The van der Waals surface area contributed by atoms with Gasteiger partial charge in [-0.1, -0.05) is 18.2 Å². The number of rotatable bonds is 15. The van der Waals surface area contributed by atoms with Crippen molar-refractivity contribution in [1.29, 1.82) is 0 Å². The molecule has 214 valence electrons. The van der Waals surface area contributed by atoms with E-state index in [4.69, 9.17) is 10.8 Å². The molecule has 1 aromatic carbocycles. The van der Waals surface area contributed by atoms with E-state index in [1.807, 2.05) is 24.3 Å². The van der Waals surface area contributed by atoms with E-state index in [2.05, 4.69) is 43.5 Å². The molecule has 3 rings (SSSR count). The van der Waals surface area contributed by atoms with Gasteiger partial charge in [0.2, 0.25) is 17.7 Å². The van der Waals surface area contributed by atoms with Gasteiger partial charge in [0.15, 0.2) is 0 Å². The van der Waals surface area contributed by atoms with Crippen molar-refractivity contribution in [2.24, 2.45) is 5.73 Å². The number of aliphatic carboxylic acids is 2. The van der Waals surface area contributed by atoms with Gasteiger partial charge in [0.1, 0.15) is 18.1 Å². The Morgan fingerprint density at radius 2 is 1.60 bits per heavy atom.